The van der Waals surface area contributed by atoms with Crippen molar-refractivity contribution in [1.82, 2.24) is 18.7 Å². The van der Waals surface area contributed by atoms with Gasteiger partial charge in [0.15, 0.2) is 11.2 Å². The molecule has 0 spiro atoms. The first-order chi connectivity index (χ1) is 16.4. The van der Waals surface area contributed by atoms with E-state index in [1.165, 1.54) is 11.7 Å². The first-order valence-electron chi connectivity index (χ1n) is 11.1. The predicted molar refractivity (Wildman–Crippen MR) is 129 cm³/mol. The Labute approximate surface area is 196 Å². The molecular weight excluding hydrogens is 436 g/mol. The molecule has 2 N–H and O–H groups in total. The van der Waals surface area contributed by atoms with Crippen LogP contribution in [0.1, 0.15) is 35.7 Å². The van der Waals surface area contributed by atoms with E-state index in [0.717, 1.165) is 24.0 Å². The number of ether oxygens (including phenoxy) is 1. The van der Waals surface area contributed by atoms with E-state index in [9.17, 15) is 14.4 Å². The summed E-state index contributed by atoms with van der Waals surface area (Å²) in [4.78, 5) is 45.9. The lowest BCUT2D eigenvalue weighted by Crippen LogP contribution is -2.44. The molecule has 178 valence electrons. The van der Waals surface area contributed by atoms with E-state index in [1.54, 1.807) is 42.8 Å². The molecule has 0 radical (unpaired) electrons. The van der Waals surface area contributed by atoms with E-state index in [0.29, 0.717) is 29.3 Å². The van der Waals surface area contributed by atoms with E-state index >= 15 is 0 Å². The van der Waals surface area contributed by atoms with E-state index < -0.39 is 17.2 Å². The zero-order chi connectivity index (χ0) is 24.4. The van der Waals surface area contributed by atoms with Crippen molar-refractivity contribution in [2.24, 2.45) is 12.8 Å². The molecule has 0 unspecified atom stereocenters. The lowest BCUT2D eigenvalue weighted by atomic mass is 10.1. The van der Waals surface area contributed by atoms with Gasteiger partial charge in [-0.05, 0) is 31.4 Å². The Bertz CT molecular complexity index is 1420. The lowest BCUT2D eigenvalue weighted by molar-refractivity contribution is 0.0599. The van der Waals surface area contributed by atoms with Crippen molar-refractivity contribution in [2.45, 2.75) is 38.9 Å². The molecule has 1 saturated heterocycles. The molecule has 34 heavy (non-hydrogen) atoms. The van der Waals surface area contributed by atoms with Crippen LogP contribution in [0, 0.1) is 11.8 Å². The Kier molecular flexibility index (Phi) is 6.56. The number of aromatic nitrogens is 4. The third kappa shape index (κ3) is 4.10. The number of nitrogens with zero attached hydrogens (tertiary/aromatic N) is 5. The molecule has 4 rings (SSSR count). The summed E-state index contributed by atoms with van der Waals surface area (Å²) in [6.45, 7) is 3.26. The second kappa shape index (κ2) is 9.57. The average molecular weight is 465 g/mol. The normalized spacial score (nSPS) is 15.8. The first kappa shape index (κ1) is 23.3. The van der Waals surface area contributed by atoms with Gasteiger partial charge >= 0.3 is 11.7 Å². The van der Waals surface area contributed by atoms with Crippen LogP contribution in [0.5, 0.6) is 0 Å². The summed E-state index contributed by atoms with van der Waals surface area (Å²) >= 11 is 0. The van der Waals surface area contributed by atoms with Gasteiger partial charge in [0.1, 0.15) is 0 Å². The van der Waals surface area contributed by atoms with Gasteiger partial charge < -0.3 is 15.4 Å². The number of esters is 1. The highest BCUT2D eigenvalue weighted by Crippen LogP contribution is 2.23. The van der Waals surface area contributed by atoms with E-state index in [-0.39, 0.29) is 24.6 Å². The standard InChI is InChI=1S/C24H28N6O4/c1-4-5-13-29-19-20(26-23(29)28-12-8-10-17(25)15-28)27(2)24(33)30(21(19)31)14-16-9-6-7-11-18(16)22(32)34-3/h6-7,9,11,17H,8,10,12-15,25H2,1-3H3/t17-/m1/s1. The van der Waals surface area contributed by atoms with Crippen molar-refractivity contribution in [3.63, 3.8) is 0 Å². The van der Waals surface area contributed by atoms with Crippen molar-refractivity contribution in [2.75, 3.05) is 25.1 Å². The molecule has 0 saturated carbocycles. The highest BCUT2D eigenvalue weighted by molar-refractivity contribution is 5.91. The minimum atomic E-state index is -0.534. The molecule has 1 atom stereocenters. The van der Waals surface area contributed by atoms with Gasteiger partial charge in [-0.2, -0.15) is 4.98 Å². The van der Waals surface area contributed by atoms with Crippen LogP contribution < -0.4 is 21.9 Å². The van der Waals surface area contributed by atoms with Gasteiger partial charge in [0.2, 0.25) is 5.95 Å². The molecule has 0 aliphatic carbocycles. The monoisotopic (exact) mass is 464 g/mol. The maximum Gasteiger partial charge on any atom is 0.338 e. The van der Waals surface area contributed by atoms with E-state index in [4.69, 9.17) is 15.5 Å². The number of hydrogen-bond acceptors (Lipinski definition) is 7. The summed E-state index contributed by atoms with van der Waals surface area (Å²) in [5.41, 5.74) is 6.56. The molecule has 1 fully saturated rings. The van der Waals surface area contributed by atoms with Gasteiger partial charge in [0, 0.05) is 26.2 Å². The van der Waals surface area contributed by atoms with Gasteiger partial charge in [0.05, 0.1) is 25.8 Å². The van der Waals surface area contributed by atoms with Gasteiger partial charge in [-0.1, -0.05) is 24.1 Å². The predicted octanol–water partition coefficient (Wildman–Crippen LogP) is 0.682. The van der Waals surface area contributed by atoms with Gasteiger partial charge in [-0.3, -0.25) is 18.5 Å². The zero-order valence-corrected chi connectivity index (χ0v) is 19.6. The lowest BCUT2D eigenvalue weighted by Gasteiger charge is -2.31. The molecule has 3 aromatic rings. The maximum absolute atomic E-state index is 13.7. The molecule has 10 heteroatoms. The summed E-state index contributed by atoms with van der Waals surface area (Å²) in [6, 6.07) is 6.76. The number of carbonyl (C=O) groups excluding carboxylic acids is 1. The molecule has 1 aromatic carbocycles. The number of fused-ring (bicyclic) bond motifs is 1. The first-order valence-corrected chi connectivity index (χ1v) is 11.1. The van der Waals surface area contributed by atoms with Crippen LogP contribution in [-0.2, 0) is 24.9 Å². The number of aryl methyl sites for hydroxylation is 1. The number of carbonyl (C=O) groups is 1. The zero-order valence-electron chi connectivity index (χ0n) is 19.6. The number of methoxy groups -OCH3 is 1. The molecular formula is C24H28N6O4. The summed E-state index contributed by atoms with van der Waals surface area (Å²) in [7, 11) is 2.87. The Hall–Kier alpha value is -3.84. The van der Waals surface area contributed by atoms with Crippen LogP contribution in [-0.4, -0.2) is 50.9 Å². The van der Waals surface area contributed by atoms with Gasteiger partial charge in [-0.25, -0.2) is 9.59 Å². The molecule has 1 aliphatic rings. The van der Waals surface area contributed by atoms with Crippen LogP contribution in [0.2, 0.25) is 0 Å². The molecule has 10 nitrogen and oxygen atoms in total. The SMILES string of the molecule is CC#CCn1c(N2CCC[C@@H](N)C2)nc2c1c(=O)n(Cc1ccccc1C(=O)OC)c(=O)n2C. The average Bonchev–Trinajstić information content (AvgIpc) is 3.23. The number of piperidine rings is 1. The number of benzene rings is 1. The van der Waals surface area contributed by atoms with Crippen LogP contribution >= 0.6 is 0 Å². The van der Waals surface area contributed by atoms with Crippen molar-refractivity contribution < 1.29 is 9.53 Å². The van der Waals surface area contributed by atoms with Crippen LogP contribution in [0.25, 0.3) is 11.2 Å². The van der Waals surface area contributed by atoms with Crippen molar-refractivity contribution in [3.8, 4) is 11.8 Å². The topological polar surface area (TPSA) is 117 Å². The van der Waals surface area contributed by atoms with Crippen LogP contribution in [0.3, 0.4) is 0 Å². The second-order valence-electron chi connectivity index (χ2n) is 8.33. The molecule has 3 heterocycles. The van der Waals surface area contributed by atoms with Gasteiger partial charge in [0.25, 0.3) is 5.56 Å². The highest BCUT2D eigenvalue weighted by Gasteiger charge is 2.26. The minimum Gasteiger partial charge on any atom is -0.465 e. The largest absolute Gasteiger partial charge is 0.465 e. The Morgan fingerprint density at radius 1 is 1.26 bits per heavy atom. The summed E-state index contributed by atoms with van der Waals surface area (Å²) in [6.07, 6.45) is 1.84. The summed E-state index contributed by atoms with van der Waals surface area (Å²) in [5.74, 6) is 5.92. The number of hydrogen-bond donors (Lipinski definition) is 1. The maximum atomic E-state index is 13.7. The number of nitrogens with two attached hydrogens (primary N) is 1. The fourth-order valence-electron chi connectivity index (χ4n) is 4.38. The number of rotatable bonds is 5. The number of anilines is 1. The third-order valence-electron chi connectivity index (χ3n) is 6.12. The van der Waals surface area contributed by atoms with Crippen LogP contribution in [0.15, 0.2) is 33.9 Å². The fraction of sp³-hybridized carbons (Fsp3) is 0.417. The molecule has 2 aromatic heterocycles. The third-order valence-corrected chi connectivity index (χ3v) is 6.12. The van der Waals surface area contributed by atoms with Crippen LogP contribution in [0.4, 0.5) is 5.95 Å². The smallest absolute Gasteiger partial charge is 0.338 e. The molecule has 0 bridgehead atoms. The van der Waals surface area contributed by atoms with Crippen molar-refractivity contribution in [3.05, 3.63) is 56.2 Å². The minimum absolute atomic E-state index is 0.00886. The van der Waals surface area contributed by atoms with Gasteiger partial charge in [-0.15, -0.1) is 5.92 Å². The second-order valence-corrected chi connectivity index (χ2v) is 8.33. The molecule has 0 amide bonds. The highest BCUT2D eigenvalue weighted by atomic mass is 16.5. The van der Waals surface area contributed by atoms with Crippen molar-refractivity contribution >= 4 is 23.1 Å². The quantitative estimate of drug-likeness (QED) is 0.436. The Morgan fingerprint density at radius 3 is 2.74 bits per heavy atom. The Balaban J connectivity index is 1.92. The molecule has 1 aliphatic heterocycles. The fourth-order valence-corrected chi connectivity index (χ4v) is 4.38. The number of imidazole rings is 1. The Morgan fingerprint density at radius 2 is 2.03 bits per heavy atom. The summed E-state index contributed by atoms with van der Waals surface area (Å²) in [5, 5.41) is 0. The van der Waals surface area contributed by atoms with Crippen molar-refractivity contribution in [1.29, 1.82) is 0 Å². The summed E-state index contributed by atoms with van der Waals surface area (Å²) < 4.78 is 9.10. The van der Waals surface area contributed by atoms with E-state index in [1.807, 2.05) is 4.90 Å². The van der Waals surface area contributed by atoms with E-state index in [2.05, 4.69) is 11.8 Å².